The van der Waals surface area contributed by atoms with Crippen molar-refractivity contribution in [2.24, 2.45) is 0 Å². The Morgan fingerprint density at radius 3 is 2.72 bits per heavy atom. The van der Waals surface area contributed by atoms with Gasteiger partial charge in [0.25, 0.3) is 0 Å². The number of benzene rings is 3. The van der Waals surface area contributed by atoms with Gasteiger partial charge < -0.3 is 20.1 Å². The molecule has 0 aliphatic carbocycles. The molecule has 0 spiro atoms. The van der Waals surface area contributed by atoms with E-state index in [-0.39, 0.29) is 29.4 Å². The highest BCUT2D eigenvalue weighted by atomic mass is 19.1. The van der Waals surface area contributed by atoms with Crippen LogP contribution < -0.4 is 15.0 Å². The lowest BCUT2D eigenvalue weighted by Crippen LogP contribution is -2.51. The van der Waals surface area contributed by atoms with Crippen molar-refractivity contribution in [1.29, 1.82) is 0 Å². The Bertz CT molecular complexity index is 1720. The van der Waals surface area contributed by atoms with Crippen molar-refractivity contribution in [3.8, 4) is 22.9 Å². The largest absolute Gasteiger partial charge is 0.508 e. The maximum Gasteiger partial charge on any atom is 0.319 e. The van der Waals surface area contributed by atoms with Gasteiger partial charge in [0, 0.05) is 49.1 Å². The molecule has 4 unspecified atom stereocenters. The summed E-state index contributed by atoms with van der Waals surface area (Å²) in [5, 5.41) is 16.7. The number of fused-ring (bicyclic) bond motifs is 5. The average Bonchev–Trinajstić information content (AvgIpc) is 3.65. The number of phenolic OH excluding ortho intramolecular Hbond substituents is 1. The number of ether oxygens (including phenoxy) is 1. The Hall–Kier alpha value is -3.56. The molecule has 4 saturated heterocycles. The number of phenols is 1. The van der Waals surface area contributed by atoms with Gasteiger partial charge in [0.05, 0.1) is 5.54 Å². The van der Waals surface area contributed by atoms with Gasteiger partial charge in [-0.1, -0.05) is 31.2 Å². The van der Waals surface area contributed by atoms with Crippen molar-refractivity contribution in [3.05, 3.63) is 53.8 Å². The molecule has 4 aromatic rings. The molecule has 0 radical (unpaired) electrons. The van der Waals surface area contributed by atoms with Crippen LogP contribution in [0.25, 0.3) is 32.8 Å². The van der Waals surface area contributed by atoms with Crippen molar-refractivity contribution in [2.75, 3.05) is 37.7 Å². The summed E-state index contributed by atoms with van der Waals surface area (Å²) >= 11 is 0. The molecule has 4 aliphatic heterocycles. The second-order valence-electron chi connectivity index (χ2n) is 12.9. The van der Waals surface area contributed by atoms with Crippen LogP contribution in [0.1, 0.15) is 44.6 Å². The highest BCUT2D eigenvalue weighted by molar-refractivity contribution is 6.03. The number of halogens is 2. The molecule has 8 rings (SSSR count). The minimum Gasteiger partial charge on any atom is -0.508 e. The Labute approximate surface area is 249 Å². The first-order valence-electron chi connectivity index (χ1n) is 15.7. The van der Waals surface area contributed by atoms with Crippen LogP contribution >= 0.6 is 0 Å². The number of piperazine rings is 1. The molecule has 5 heterocycles. The molecule has 224 valence electrons. The Kier molecular flexibility index (Phi) is 6.45. The van der Waals surface area contributed by atoms with Gasteiger partial charge in [0.2, 0.25) is 0 Å². The molecule has 43 heavy (non-hydrogen) atoms. The number of nitrogens with zero attached hydrogens (tertiary/aromatic N) is 4. The molecule has 4 fully saturated rings. The Balaban J connectivity index is 1.26. The Morgan fingerprint density at radius 2 is 1.91 bits per heavy atom. The predicted molar refractivity (Wildman–Crippen MR) is 164 cm³/mol. The maximum atomic E-state index is 16.8. The lowest BCUT2D eigenvalue weighted by molar-refractivity contribution is 0.107. The van der Waals surface area contributed by atoms with E-state index in [1.165, 1.54) is 0 Å². The number of hydrogen-bond acceptors (Lipinski definition) is 7. The standard InChI is InChI=1S/C34H37F2N5O2/c1-2-20-5-3-6-21-13-25(42)14-28(29(20)21)26-9-10-27-31(30(26)36)38-33(39-32(27)40-17-23-7-8-24(18-40)37-23)43-19-34-11-4-12-41(34)16-22(35)15-34/h3,5-6,9-10,13-14,22-24,37,42H,2,4,7-8,11-12,15-19H2,1H3. The molecular weight excluding hydrogens is 548 g/mol. The first-order valence-corrected chi connectivity index (χ1v) is 15.7. The summed E-state index contributed by atoms with van der Waals surface area (Å²) in [6, 6.07) is 13.9. The van der Waals surface area contributed by atoms with Crippen LogP contribution in [0.5, 0.6) is 11.8 Å². The van der Waals surface area contributed by atoms with Crippen LogP contribution in [0.3, 0.4) is 0 Å². The summed E-state index contributed by atoms with van der Waals surface area (Å²) in [4.78, 5) is 14.0. The van der Waals surface area contributed by atoms with Gasteiger partial charge in [-0.25, -0.2) is 8.78 Å². The molecule has 0 amide bonds. The molecular formula is C34H37F2N5O2. The van der Waals surface area contributed by atoms with Gasteiger partial charge >= 0.3 is 6.01 Å². The molecule has 3 aromatic carbocycles. The van der Waals surface area contributed by atoms with E-state index < -0.39 is 12.0 Å². The quantitative estimate of drug-likeness (QED) is 0.298. The van der Waals surface area contributed by atoms with Gasteiger partial charge in [-0.3, -0.25) is 4.90 Å². The zero-order valence-electron chi connectivity index (χ0n) is 24.5. The zero-order valence-corrected chi connectivity index (χ0v) is 24.5. The SMILES string of the molecule is CCc1cccc2cc(O)cc(-c3ccc4c(N5CC6CCC(C5)N6)nc(OCC56CCCN5CC(F)C6)nc4c3F)c12. The number of alkyl halides is 1. The van der Waals surface area contributed by atoms with Gasteiger partial charge in [-0.2, -0.15) is 9.97 Å². The van der Waals surface area contributed by atoms with Crippen LogP contribution in [0.2, 0.25) is 0 Å². The third-order valence-corrected chi connectivity index (χ3v) is 10.2. The predicted octanol–water partition coefficient (Wildman–Crippen LogP) is 5.75. The monoisotopic (exact) mass is 585 g/mol. The minimum absolute atomic E-state index is 0.0852. The van der Waals surface area contributed by atoms with E-state index in [9.17, 15) is 9.50 Å². The summed E-state index contributed by atoms with van der Waals surface area (Å²) < 4.78 is 37.6. The molecule has 7 nitrogen and oxygen atoms in total. The van der Waals surface area contributed by atoms with E-state index in [4.69, 9.17) is 9.72 Å². The third kappa shape index (κ3) is 4.51. The third-order valence-electron chi connectivity index (χ3n) is 10.2. The summed E-state index contributed by atoms with van der Waals surface area (Å²) in [7, 11) is 0. The lowest BCUT2D eigenvalue weighted by Gasteiger charge is -2.34. The number of anilines is 1. The number of rotatable bonds is 6. The number of nitrogens with one attached hydrogen (secondary N) is 1. The first-order chi connectivity index (χ1) is 20.9. The summed E-state index contributed by atoms with van der Waals surface area (Å²) in [6.45, 7) is 5.22. The number of aromatic hydroxyl groups is 1. The highest BCUT2D eigenvalue weighted by Crippen LogP contribution is 2.42. The molecule has 2 N–H and O–H groups in total. The smallest absolute Gasteiger partial charge is 0.319 e. The van der Waals surface area contributed by atoms with Crippen LogP contribution in [-0.2, 0) is 6.42 Å². The normalized spacial score (nSPS) is 27.0. The van der Waals surface area contributed by atoms with Crippen molar-refractivity contribution in [3.63, 3.8) is 0 Å². The molecule has 9 heteroatoms. The average molecular weight is 586 g/mol. The summed E-state index contributed by atoms with van der Waals surface area (Å²) in [5.74, 6) is 0.295. The van der Waals surface area contributed by atoms with Gasteiger partial charge in [0.15, 0.2) is 5.82 Å². The van der Waals surface area contributed by atoms with Crippen LogP contribution in [-0.4, -0.2) is 76.6 Å². The van der Waals surface area contributed by atoms with Crippen molar-refractivity contribution >= 4 is 27.5 Å². The first kappa shape index (κ1) is 27.0. The topological polar surface area (TPSA) is 73.8 Å². The second kappa shape index (κ2) is 10.3. The molecule has 1 aromatic heterocycles. The van der Waals surface area contributed by atoms with E-state index in [1.807, 2.05) is 24.3 Å². The van der Waals surface area contributed by atoms with Gasteiger partial charge in [-0.15, -0.1) is 0 Å². The van der Waals surface area contributed by atoms with E-state index in [0.717, 1.165) is 68.1 Å². The number of hydrogen-bond donors (Lipinski definition) is 2. The second-order valence-corrected chi connectivity index (χ2v) is 12.9. The van der Waals surface area contributed by atoms with E-state index >= 15 is 4.39 Å². The van der Waals surface area contributed by atoms with E-state index in [2.05, 4.69) is 27.0 Å². The van der Waals surface area contributed by atoms with Crippen LogP contribution in [0.15, 0.2) is 42.5 Å². The molecule has 0 saturated carbocycles. The number of aromatic nitrogens is 2. The van der Waals surface area contributed by atoms with Crippen molar-refractivity contribution in [2.45, 2.75) is 69.2 Å². The fourth-order valence-corrected chi connectivity index (χ4v) is 8.25. The summed E-state index contributed by atoms with van der Waals surface area (Å²) in [6.07, 6.45) is 4.46. The molecule has 2 bridgehead atoms. The van der Waals surface area contributed by atoms with Crippen molar-refractivity contribution < 1.29 is 18.6 Å². The number of aryl methyl sites for hydroxylation is 1. The lowest BCUT2D eigenvalue weighted by atomic mass is 9.92. The van der Waals surface area contributed by atoms with Crippen LogP contribution in [0.4, 0.5) is 14.6 Å². The fourth-order valence-electron chi connectivity index (χ4n) is 8.25. The van der Waals surface area contributed by atoms with Crippen molar-refractivity contribution in [1.82, 2.24) is 20.2 Å². The maximum absolute atomic E-state index is 16.8. The van der Waals surface area contributed by atoms with Crippen LogP contribution in [0, 0.1) is 5.82 Å². The van der Waals surface area contributed by atoms with E-state index in [0.29, 0.717) is 47.4 Å². The summed E-state index contributed by atoms with van der Waals surface area (Å²) in [5.41, 5.74) is 1.93. The fraction of sp³-hybridized carbons (Fsp3) is 0.471. The minimum atomic E-state index is -0.863. The molecule has 4 atom stereocenters. The zero-order chi connectivity index (χ0) is 29.3. The van der Waals surface area contributed by atoms with E-state index in [1.54, 1.807) is 18.2 Å². The molecule has 4 aliphatic rings. The van der Waals surface area contributed by atoms with Gasteiger partial charge in [0.1, 0.15) is 29.9 Å². The highest BCUT2D eigenvalue weighted by Gasteiger charge is 2.49. The van der Waals surface area contributed by atoms with Gasteiger partial charge in [-0.05, 0) is 78.7 Å². The Morgan fingerprint density at radius 1 is 1.07 bits per heavy atom.